The van der Waals surface area contributed by atoms with Gasteiger partial charge in [0.1, 0.15) is 12.4 Å². The van der Waals surface area contributed by atoms with E-state index in [1.165, 1.54) is 0 Å². The molecule has 0 aliphatic rings. The van der Waals surface area contributed by atoms with E-state index < -0.39 is 12.0 Å². The maximum Gasteiger partial charge on any atom is 0.325 e. The summed E-state index contributed by atoms with van der Waals surface area (Å²) in [5, 5.41) is 5.13. The van der Waals surface area contributed by atoms with E-state index >= 15 is 0 Å². The van der Waals surface area contributed by atoms with Gasteiger partial charge < -0.3 is 20.4 Å². The number of carbonyl (C=O) groups is 2. The van der Waals surface area contributed by atoms with Crippen LogP contribution in [0.15, 0.2) is 48.5 Å². The number of hydrogen-bond donors (Lipinski definition) is 3. The molecule has 0 aliphatic carbocycles. The number of nitrogens with zero attached hydrogens (tertiary/aromatic N) is 1. The number of rotatable bonds is 7. The van der Waals surface area contributed by atoms with Crippen molar-refractivity contribution in [3.05, 3.63) is 59.9 Å². The standard InChI is InChI=1S/C20H22N4O3/c1-2-27-19(25)13-21-20(26)22-15-10-7-14(8-11-15)9-12-18-23-16-5-3-4-6-17(16)24-18/h3-8,10-11H,2,9,12-13H2,1H3,(H,23,24)(H2,21,22,26). The smallest absolute Gasteiger partial charge is 0.325 e. The zero-order valence-corrected chi connectivity index (χ0v) is 15.1. The van der Waals surface area contributed by atoms with Gasteiger partial charge in [0, 0.05) is 12.1 Å². The fraction of sp³-hybridized carbons (Fsp3) is 0.250. The van der Waals surface area contributed by atoms with Crippen LogP contribution in [0.2, 0.25) is 0 Å². The molecule has 0 saturated heterocycles. The molecule has 0 fully saturated rings. The molecule has 7 nitrogen and oxygen atoms in total. The number of hydrogen-bond acceptors (Lipinski definition) is 4. The minimum Gasteiger partial charge on any atom is -0.465 e. The number of carbonyl (C=O) groups excluding carboxylic acids is 2. The number of ether oxygens (including phenoxy) is 1. The van der Waals surface area contributed by atoms with Crippen molar-refractivity contribution in [1.29, 1.82) is 0 Å². The van der Waals surface area contributed by atoms with Crippen LogP contribution in [-0.4, -0.2) is 35.1 Å². The number of esters is 1. The first-order valence-electron chi connectivity index (χ1n) is 8.87. The fourth-order valence-electron chi connectivity index (χ4n) is 2.68. The van der Waals surface area contributed by atoms with Gasteiger partial charge in [0.25, 0.3) is 0 Å². The Bertz CT molecular complexity index is 885. The maximum absolute atomic E-state index is 11.8. The number of urea groups is 1. The molecule has 3 N–H and O–H groups in total. The molecule has 0 spiro atoms. The molecule has 1 heterocycles. The number of amides is 2. The monoisotopic (exact) mass is 366 g/mol. The van der Waals surface area contributed by atoms with Gasteiger partial charge in [-0.2, -0.15) is 0 Å². The van der Waals surface area contributed by atoms with Gasteiger partial charge in [-0.25, -0.2) is 9.78 Å². The average Bonchev–Trinajstić information content (AvgIpc) is 3.09. The lowest BCUT2D eigenvalue weighted by atomic mass is 10.1. The number of H-pyrrole nitrogens is 1. The van der Waals surface area contributed by atoms with Gasteiger partial charge in [-0.3, -0.25) is 4.79 Å². The van der Waals surface area contributed by atoms with E-state index in [2.05, 4.69) is 20.6 Å². The summed E-state index contributed by atoms with van der Waals surface area (Å²) in [6.45, 7) is 1.85. The fourth-order valence-corrected chi connectivity index (χ4v) is 2.68. The molecule has 7 heteroatoms. The van der Waals surface area contributed by atoms with Crippen molar-refractivity contribution in [2.24, 2.45) is 0 Å². The average molecular weight is 366 g/mol. The minimum absolute atomic E-state index is 0.157. The number of para-hydroxylation sites is 2. The SMILES string of the molecule is CCOC(=O)CNC(=O)Nc1ccc(CCc2nc3ccccc3[nH]2)cc1. The normalized spacial score (nSPS) is 10.6. The molecule has 1 aromatic heterocycles. The molecular weight excluding hydrogens is 344 g/mol. The minimum atomic E-state index is -0.464. The molecule has 0 aliphatic heterocycles. The highest BCUT2D eigenvalue weighted by atomic mass is 16.5. The van der Waals surface area contributed by atoms with Gasteiger partial charge in [0.15, 0.2) is 0 Å². The Hall–Kier alpha value is -3.35. The number of fused-ring (bicyclic) bond motifs is 1. The molecule has 2 amide bonds. The molecule has 0 saturated carbocycles. The zero-order chi connectivity index (χ0) is 19.1. The lowest BCUT2D eigenvalue weighted by Crippen LogP contribution is -2.34. The van der Waals surface area contributed by atoms with Gasteiger partial charge in [-0.1, -0.05) is 24.3 Å². The second kappa shape index (κ2) is 8.84. The highest BCUT2D eigenvalue weighted by molar-refractivity contribution is 5.91. The molecular formula is C20H22N4O3. The lowest BCUT2D eigenvalue weighted by molar-refractivity contribution is -0.141. The third kappa shape index (κ3) is 5.31. The quantitative estimate of drug-likeness (QED) is 0.560. The van der Waals surface area contributed by atoms with Crippen molar-refractivity contribution in [3.63, 3.8) is 0 Å². The topological polar surface area (TPSA) is 96.1 Å². The number of benzene rings is 2. The van der Waals surface area contributed by atoms with Crippen molar-refractivity contribution in [1.82, 2.24) is 15.3 Å². The van der Waals surface area contributed by atoms with Crippen LogP contribution in [0.1, 0.15) is 18.3 Å². The highest BCUT2D eigenvalue weighted by Gasteiger charge is 2.06. The van der Waals surface area contributed by atoms with E-state index in [9.17, 15) is 9.59 Å². The summed E-state index contributed by atoms with van der Waals surface area (Å²) < 4.78 is 4.75. The van der Waals surface area contributed by atoms with Gasteiger partial charge in [-0.15, -0.1) is 0 Å². The predicted octanol–water partition coefficient (Wildman–Crippen LogP) is 3.03. The van der Waals surface area contributed by atoms with E-state index in [0.717, 1.165) is 35.3 Å². The van der Waals surface area contributed by atoms with Crippen molar-refractivity contribution >= 4 is 28.7 Å². The van der Waals surface area contributed by atoms with Crippen molar-refractivity contribution in [2.45, 2.75) is 19.8 Å². The summed E-state index contributed by atoms with van der Waals surface area (Å²) >= 11 is 0. The molecule has 0 atom stereocenters. The first kappa shape index (κ1) is 18.4. The first-order chi connectivity index (χ1) is 13.1. The molecule has 27 heavy (non-hydrogen) atoms. The summed E-state index contributed by atoms with van der Waals surface area (Å²) in [5.74, 6) is 0.491. The van der Waals surface area contributed by atoms with Crippen LogP contribution in [0.25, 0.3) is 11.0 Å². The van der Waals surface area contributed by atoms with E-state index in [1.807, 2.05) is 48.5 Å². The van der Waals surface area contributed by atoms with Crippen molar-refractivity contribution in [3.8, 4) is 0 Å². The van der Waals surface area contributed by atoms with Crippen LogP contribution in [-0.2, 0) is 22.4 Å². The Labute approximate surface area is 157 Å². The van der Waals surface area contributed by atoms with Crippen LogP contribution in [0.3, 0.4) is 0 Å². The van der Waals surface area contributed by atoms with Crippen LogP contribution in [0, 0.1) is 0 Å². The van der Waals surface area contributed by atoms with E-state index in [4.69, 9.17) is 4.74 Å². The second-order valence-electron chi connectivity index (χ2n) is 6.01. The number of anilines is 1. The Kier molecular flexibility index (Phi) is 6.04. The molecule has 3 rings (SSSR count). The predicted molar refractivity (Wildman–Crippen MR) is 104 cm³/mol. The summed E-state index contributed by atoms with van der Waals surface area (Å²) in [5.41, 5.74) is 3.82. The molecule has 0 bridgehead atoms. The van der Waals surface area contributed by atoms with E-state index in [-0.39, 0.29) is 13.2 Å². The second-order valence-corrected chi connectivity index (χ2v) is 6.01. The maximum atomic E-state index is 11.8. The molecule has 0 radical (unpaired) electrons. The number of nitrogens with one attached hydrogen (secondary N) is 3. The number of aryl methyl sites for hydroxylation is 2. The summed E-state index contributed by atoms with van der Waals surface area (Å²) in [6.07, 6.45) is 1.65. The van der Waals surface area contributed by atoms with Gasteiger partial charge in [0.2, 0.25) is 0 Å². The molecule has 2 aromatic carbocycles. The summed E-state index contributed by atoms with van der Waals surface area (Å²) in [7, 11) is 0. The van der Waals surface area contributed by atoms with Gasteiger partial charge in [-0.05, 0) is 43.2 Å². The number of imidazole rings is 1. The first-order valence-corrected chi connectivity index (χ1v) is 8.87. The molecule has 3 aromatic rings. The highest BCUT2D eigenvalue weighted by Crippen LogP contribution is 2.14. The van der Waals surface area contributed by atoms with Crippen LogP contribution >= 0.6 is 0 Å². The summed E-state index contributed by atoms with van der Waals surface area (Å²) in [4.78, 5) is 30.9. The van der Waals surface area contributed by atoms with Crippen LogP contribution in [0.4, 0.5) is 10.5 Å². The van der Waals surface area contributed by atoms with E-state index in [0.29, 0.717) is 5.69 Å². The van der Waals surface area contributed by atoms with Crippen LogP contribution < -0.4 is 10.6 Å². The third-order valence-electron chi connectivity index (χ3n) is 4.00. The zero-order valence-electron chi connectivity index (χ0n) is 15.1. The Balaban J connectivity index is 1.48. The third-order valence-corrected chi connectivity index (χ3v) is 4.00. The Morgan fingerprint density at radius 1 is 1.07 bits per heavy atom. The van der Waals surface area contributed by atoms with Gasteiger partial charge in [0.05, 0.1) is 17.6 Å². The number of aromatic nitrogens is 2. The summed E-state index contributed by atoms with van der Waals surface area (Å²) in [6, 6.07) is 15.1. The Morgan fingerprint density at radius 2 is 1.85 bits per heavy atom. The van der Waals surface area contributed by atoms with Gasteiger partial charge >= 0.3 is 12.0 Å². The van der Waals surface area contributed by atoms with Crippen molar-refractivity contribution in [2.75, 3.05) is 18.5 Å². The van der Waals surface area contributed by atoms with E-state index in [1.54, 1.807) is 6.92 Å². The molecule has 140 valence electrons. The lowest BCUT2D eigenvalue weighted by Gasteiger charge is -2.08. The van der Waals surface area contributed by atoms with Crippen LogP contribution in [0.5, 0.6) is 0 Å². The number of aromatic amines is 1. The Morgan fingerprint density at radius 3 is 2.59 bits per heavy atom. The molecule has 0 unspecified atom stereocenters. The largest absolute Gasteiger partial charge is 0.465 e. The van der Waals surface area contributed by atoms with Crippen molar-refractivity contribution < 1.29 is 14.3 Å².